The third kappa shape index (κ3) is 5.15. The van der Waals surface area contributed by atoms with Crippen LogP contribution in [0, 0.1) is 0 Å². The first kappa shape index (κ1) is 23.1. The Morgan fingerprint density at radius 3 is 2.61 bits per heavy atom. The van der Waals surface area contributed by atoms with E-state index in [0.717, 1.165) is 38.7 Å². The third-order valence-corrected chi connectivity index (χ3v) is 6.60. The molecule has 1 fully saturated rings. The first-order valence-corrected chi connectivity index (χ1v) is 11.8. The molecule has 0 bridgehead atoms. The summed E-state index contributed by atoms with van der Waals surface area (Å²) in [5.41, 5.74) is 2.93. The molecule has 1 aliphatic heterocycles. The summed E-state index contributed by atoms with van der Waals surface area (Å²) in [5, 5.41) is 1.17. The largest absolute Gasteiger partial charge is 0.461 e. The molecule has 2 heterocycles. The second kappa shape index (κ2) is 9.85. The zero-order chi connectivity index (χ0) is 23.5. The molecule has 1 aliphatic rings. The van der Waals surface area contributed by atoms with E-state index in [-0.39, 0.29) is 17.6 Å². The minimum Gasteiger partial charge on any atom is -0.461 e. The van der Waals surface area contributed by atoms with E-state index in [4.69, 9.17) is 16.3 Å². The Labute approximate surface area is 201 Å². The van der Waals surface area contributed by atoms with Crippen molar-refractivity contribution >= 4 is 57.5 Å². The number of esters is 1. The molecular weight excluding hydrogens is 460 g/mol. The van der Waals surface area contributed by atoms with Crippen molar-refractivity contribution in [3.63, 3.8) is 0 Å². The SMILES string of the molecule is CC[C@H](C)OC(=O)CN1C(=O)S/C(=C\c2cn(Cc3ccc(Cl)cc3)c3ccccc23)C1=O. The van der Waals surface area contributed by atoms with Gasteiger partial charge >= 0.3 is 5.97 Å². The van der Waals surface area contributed by atoms with Gasteiger partial charge < -0.3 is 9.30 Å². The van der Waals surface area contributed by atoms with E-state index in [0.29, 0.717) is 18.0 Å². The van der Waals surface area contributed by atoms with Crippen LogP contribution in [0.5, 0.6) is 0 Å². The Bertz CT molecular complexity index is 1250. The van der Waals surface area contributed by atoms with Crippen LogP contribution in [0.2, 0.25) is 5.02 Å². The molecule has 2 amide bonds. The van der Waals surface area contributed by atoms with Crippen LogP contribution in [0.1, 0.15) is 31.4 Å². The molecule has 3 aromatic rings. The molecule has 0 aliphatic carbocycles. The number of hydrogen-bond acceptors (Lipinski definition) is 5. The smallest absolute Gasteiger partial charge is 0.326 e. The van der Waals surface area contributed by atoms with Gasteiger partial charge in [0.2, 0.25) is 0 Å². The van der Waals surface area contributed by atoms with Gasteiger partial charge in [0.25, 0.3) is 11.1 Å². The van der Waals surface area contributed by atoms with Crippen molar-refractivity contribution in [3.8, 4) is 0 Å². The molecule has 8 heteroatoms. The molecule has 0 saturated carbocycles. The van der Waals surface area contributed by atoms with Gasteiger partial charge in [-0.1, -0.05) is 48.9 Å². The highest BCUT2D eigenvalue weighted by molar-refractivity contribution is 8.18. The first-order valence-electron chi connectivity index (χ1n) is 10.6. The number of benzene rings is 2. The molecule has 0 radical (unpaired) electrons. The fourth-order valence-electron chi connectivity index (χ4n) is 3.56. The zero-order valence-electron chi connectivity index (χ0n) is 18.3. The summed E-state index contributed by atoms with van der Waals surface area (Å²) in [5.74, 6) is -1.08. The Morgan fingerprint density at radius 1 is 1.15 bits per heavy atom. The van der Waals surface area contributed by atoms with Crippen molar-refractivity contribution in [2.75, 3.05) is 6.54 Å². The lowest BCUT2D eigenvalue weighted by molar-refractivity contribution is -0.150. The summed E-state index contributed by atoms with van der Waals surface area (Å²) in [7, 11) is 0. The number of amides is 2. The fraction of sp³-hybridized carbons (Fsp3) is 0.240. The number of thioether (sulfide) groups is 1. The highest BCUT2D eigenvalue weighted by atomic mass is 35.5. The van der Waals surface area contributed by atoms with Gasteiger partial charge in [-0.25, -0.2) is 0 Å². The Kier molecular flexibility index (Phi) is 6.91. The molecule has 0 unspecified atom stereocenters. The number of rotatable bonds is 7. The number of aromatic nitrogens is 1. The molecule has 170 valence electrons. The van der Waals surface area contributed by atoms with Crippen molar-refractivity contribution in [1.82, 2.24) is 9.47 Å². The molecular formula is C25H23ClN2O4S. The summed E-state index contributed by atoms with van der Waals surface area (Å²) < 4.78 is 7.31. The molecule has 0 spiro atoms. The van der Waals surface area contributed by atoms with Gasteiger partial charge in [0, 0.05) is 34.2 Å². The van der Waals surface area contributed by atoms with E-state index in [1.54, 1.807) is 13.0 Å². The average molecular weight is 483 g/mol. The topological polar surface area (TPSA) is 68.6 Å². The van der Waals surface area contributed by atoms with Crippen molar-refractivity contribution in [1.29, 1.82) is 0 Å². The predicted molar refractivity (Wildman–Crippen MR) is 131 cm³/mol. The maximum atomic E-state index is 12.9. The molecule has 0 N–H and O–H groups in total. The molecule has 6 nitrogen and oxygen atoms in total. The predicted octanol–water partition coefficient (Wildman–Crippen LogP) is 5.72. The van der Waals surface area contributed by atoms with Crippen molar-refractivity contribution < 1.29 is 19.1 Å². The zero-order valence-corrected chi connectivity index (χ0v) is 19.9. The summed E-state index contributed by atoms with van der Waals surface area (Å²) in [6.45, 7) is 3.91. The summed E-state index contributed by atoms with van der Waals surface area (Å²) in [6, 6.07) is 15.5. The first-order chi connectivity index (χ1) is 15.9. The Balaban J connectivity index is 1.60. The maximum absolute atomic E-state index is 12.9. The number of ether oxygens (including phenoxy) is 1. The van der Waals surface area contributed by atoms with Gasteiger partial charge in [-0.3, -0.25) is 19.3 Å². The van der Waals surface area contributed by atoms with Crippen molar-refractivity contribution in [2.24, 2.45) is 0 Å². The monoisotopic (exact) mass is 482 g/mol. The van der Waals surface area contributed by atoms with Gasteiger partial charge in [-0.05, 0) is 54.9 Å². The van der Waals surface area contributed by atoms with E-state index >= 15 is 0 Å². The number of para-hydroxylation sites is 1. The third-order valence-electron chi connectivity index (χ3n) is 5.44. The average Bonchev–Trinajstić information content (AvgIpc) is 3.27. The van der Waals surface area contributed by atoms with Crippen LogP contribution < -0.4 is 0 Å². The van der Waals surface area contributed by atoms with E-state index in [9.17, 15) is 14.4 Å². The lowest BCUT2D eigenvalue weighted by Gasteiger charge is -2.14. The van der Waals surface area contributed by atoms with Gasteiger partial charge in [0.15, 0.2) is 0 Å². The Hall–Kier alpha value is -3.03. The molecule has 1 aromatic heterocycles. The number of nitrogens with zero attached hydrogens (tertiary/aromatic N) is 2. The van der Waals surface area contributed by atoms with Crippen molar-refractivity contribution in [2.45, 2.75) is 32.9 Å². The number of halogens is 1. The normalized spacial score (nSPS) is 16.1. The molecule has 33 heavy (non-hydrogen) atoms. The van der Waals surface area contributed by atoms with Crippen LogP contribution in [0.15, 0.2) is 59.6 Å². The van der Waals surface area contributed by atoms with Gasteiger partial charge in [-0.15, -0.1) is 0 Å². The van der Waals surface area contributed by atoms with Crippen LogP contribution in [-0.2, 0) is 20.9 Å². The van der Waals surface area contributed by atoms with Gasteiger partial charge in [-0.2, -0.15) is 0 Å². The van der Waals surface area contributed by atoms with E-state index in [1.165, 1.54) is 0 Å². The van der Waals surface area contributed by atoms with Crippen molar-refractivity contribution in [3.05, 3.63) is 75.8 Å². The lowest BCUT2D eigenvalue weighted by atomic mass is 10.1. The maximum Gasteiger partial charge on any atom is 0.326 e. The van der Waals surface area contributed by atoms with E-state index in [2.05, 4.69) is 4.57 Å². The lowest BCUT2D eigenvalue weighted by Crippen LogP contribution is -2.35. The van der Waals surface area contributed by atoms with Gasteiger partial charge in [0.1, 0.15) is 6.54 Å². The van der Waals surface area contributed by atoms with Crippen LogP contribution in [0.3, 0.4) is 0 Å². The molecule has 4 rings (SSSR count). The quantitative estimate of drug-likeness (QED) is 0.318. The number of fused-ring (bicyclic) bond motifs is 1. The minimum atomic E-state index is -0.590. The van der Waals surface area contributed by atoms with Crippen LogP contribution in [0.25, 0.3) is 17.0 Å². The number of carbonyl (C=O) groups excluding carboxylic acids is 3. The summed E-state index contributed by atoms with van der Waals surface area (Å²) in [6.07, 6.45) is 4.07. The minimum absolute atomic E-state index is 0.264. The van der Waals surface area contributed by atoms with Crippen LogP contribution in [0.4, 0.5) is 4.79 Å². The van der Waals surface area contributed by atoms with E-state index in [1.807, 2.05) is 61.7 Å². The second-order valence-electron chi connectivity index (χ2n) is 7.83. The Morgan fingerprint density at radius 2 is 1.88 bits per heavy atom. The van der Waals surface area contributed by atoms with Crippen LogP contribution in [-0.4, -0.2) is 39.2 Å². The standard InChI is InChI=1S/C25H23ClN2O4S/c1-3-16(2)32-23(29)15-28-24(30)22(33-25(28)31)12-18-14-27(21-7-5-4-6-20(18)21)13-17-8-10-19(26)11-9-17/h4-12,14,16H,3,13,15H2,1-2H3/b22-12-/t16-/m0/s1. The molecule has 2 aromatic carbocycles. The molecule has 1 atom stereocenters. The fourth-order valence-corrected chi connectivity index (χ4v) is 4.51. The molecule has 1 saturated heterocycles. The van der Waals surface area contributed by atoms with E-state index < -0.39 is 17.1 Å². The van der Waals surface area contributed by atoms with Crippen LogP contribution >= 0.6 is 23.4 Å². The summed E-state index contributed by atoms with van der Waals surface area (Å²) >= 11 is 6.83. The number of imide groups is 1. The number of carbonyl (C=O) groups is 3. The highest BCUT2D eigenvalue weighted by Gasteiger charge is 2.37. The second-order valence-corrected chi connectivity index (χ2v) is 9.26. The number of hydrogen-bond donors (Lipinski definition) is 0. The van der Waals surface area contributed by atoms with Gasteiger partial charge in [0.05, 0.1) is 11.0 Å². The highest BCUT2D eigenvalue weighted by Crippen LogP contribution is 2.34. The summed E-state index contributed by atoms with van der Waals surface area (Å²) in [4.78, 5) is 38.6.